The number of hydrogen-bond acceptors (Lipinski definition) is 4. The van der Waals surface area contributed by atoms with E-state index in [1.165, 1.54) is 57.8 Å². The Hall–Kier alpha value is -0.590. The van der Waals surface area contributed by atoms with E-state index in [0.29, 0.717) is 6.42 Å². The van der Waals surface area contributed by atoms with E-state index < -0.39 is 30.9 Å². The Morgan fingerprint density at radius 1 is 0.741 bits per heavy atom. The van der Waals surface area contributed by atoms with E-state index in [-0.39, 0.29) is 36.0 Å². The van der Waals surface area contributed by atoms with Gasteiger partial charge >= 0.3 is 35.5 Å². The average molecular weight is 394 g/mol. The maximum Gasteiger partial charge on any atom is 1.00 e. The van der Waals surface area contributed by atoms with Crippen molar-refractivity contribution in [3.8, 4) is 0 Å². The van der Waals surface area contributed by atoms with Gasteiger partial charge in [0.2, 0.25) is 5.91 Å². The minimum atomic E-state index is -1.44. The molecule has 0 aliphatic heterocycles. The molecule has 0 radical (unpaired) electrons. The second kappa shape index (κ2) is 20.2. The topological polar surface area (TPSA) is 97.7 Å². The van der Waals surface area contributed by atoms with Crippen molar-refractivity contribution in [2.45, 2.75) is 96.8 Å². The van der Waals surface area contributed by atoms with Crippen LogP contribution in [0.3, 0.4) is 0 Å². The summed E-state index contributed by atoms with van der Waals surface area (Å²) in [7, 11) is 0. The summed E-state index contributed by atoms with van der Waals surface area (Å²) >= 11 is 0. The van der Waals surface area contributed by atoms with Crippen LogP contribution in [0.25, 0.3) is 0 Å². The summed E-state index contributed by atoms with van der Waals surface area (Å²) in [6.07, 6.45) is 15.8. The SMILES string of the molecule is CCCCCCCCCCCCCCCC(=O)N(CC(=O)[O-])CC(=O)O.[Na+]. The van der Waals surface area contributed by atoms with Gasteiger partial charge in [-0.1, -0.05) is 84.0 Å². The van der Waals surface area contributed by atoms with E-state index in [1.54, 1.807) is 0 Å². The zero-order valence-corrected chi connectivity index (χ0v) is 19.3. The van der Waals surface area contributed by atoms with Crippen molar-refractivity contribution in [1.29, 1.82) is 0 Å². The van der Waals surface area contributed by atoms with Gasteiger partial charge in [-0.25, -0.2) is 0 Å². The summed E-state index contributed by atoms with van der Waals surface area (Å²) in [4.78, 5) is 34.0. The molecule has 0 fully saturated rings. The minimum absolute atomic E-state index is 0. The smallest absolute Gasteiger partial charge is 0.548 e. The standard InChI is InChI=1S/C20H37NO5.Na/c1-2-3-4-5-6-7-8-9-10-11-12-13-14-15-18(22)21(16-19(23)24)17-20(25)26;/h2-17H2,1H3,(H,23,24)(H,25,26);/q;+1/p-1. The molecule has 1 N–H and O–H groups in total. The van der Waals surface area contributed by atoms with Crippen LogP contribution in [-0.2, 0) is 14.4 Å². The average Bonchev–Trinajstić information content (AvgIpc) is 2.57. The Morgan fingerprint density at radius 2 is 1.15 bits per heavy atom. The summed E-state index contributed by atoms with van der Waals surface area (Å²) in [6, 6.07) is 0. The number of carbonyl (C=O) groups is 3. The molecule has 0 aromatic heterocycles. The molecule has 0 saturated carbocycles. The molecule has 1 amide bonds. The van der Waals surface area contributed by atoms with Gasteiger partial charge in [-0.15, -0.1) is 0 Å². The zero-order chi connectivity index (χ0) is 19.6. The Bertz CT molecular complexity index is 388. The summed E-state index contributed by atoms with van der Waals surface area (Å²) < 4.78 is 0. The van der Waals surface area contributed by atoms with Crippen molar-refractivity contribution < 1.29 is 54.2 Å². The van der Waals surface area contributed by atoms with Gasteiger partial charge < -0.3 is 19.9 Å². The van der Waals surface area contributed by atoms with E-state index >= 15 is 0 Å². The molecule has 0 rings (SSSR count). The van der Waals surface area contributed by atoms with Crippen molar-refractivity contribution >= 4 is 17.8 Å². The normalized spacial score (nSPS) is 10.3. The minimum Gasteiger partial charge on any atom is -0.548 e. The molecule has 0 aliphatic carbocycles. The molecule has 0 saturated heterocycles. The molecule has 0 unspecified atom stereocenters. The predicted octanol–water partition coefficient (Wildman–Crippen LogP) is 0.135. The van der Waals surface area contributed by atoms with Crippen molar-refractivity contribution in [2.24, 2.45) is 0 Å². The van der Waals surface area contributed by atoms with Gasteiger partial charge in [-0.05, 0) is 6.42 Å². The largest absolute Gasteiger partial charge is 1.00 e. The monoisotopic (exact) mass is 393 g/mol. The van der Waals surface area contributed by atoms with Gasteiger partial charge in [0.15, 0.2) is 0 Å². The van der Waals surface area contributed by atoms with E-state index in [4.69, 9.17) is 5.11 Å². The number of amides is 1. The number of aliphatic carboxylic acids is 2. The van der Waals surface area contributed by atoms with E-state index in [2.05, 4.69) is 6.92 Å². The van der Waals surface area contributed by atoms with Crippen LogP contribution in [0.1, 0.15) is 96.8 Å². The summed E-state index contributed by atoms with van der Waals surface area (Å²) in [5.41, 5.74) is 0. The van der Waals surface area contributed by atoms with E-state index in [9.17, 15) is 19.5 Å². The van der Waals surface area contributed by atoms with Gasteiger partial charge in [-0.2, -0.15) is 0 Å². The molecule has 0 spiro atoms. The molecule has 0 aromatic carbocycles. The number of carbonyl (C=O) groups excluding carboxylic acids is 2. The Morgan fingerprint density at radius 3 is 1.52 bits per heavy atom. The van der Waals surface area contributed by atoms with E-state index in [1.807, 2.05) is 0 Å². The van der Waals surface area contributed by atoms with Crippen LogP contribution in [0.2, 0.25) is 0 Å². The second-order valence-electron chi connectivity index (χ2n) is 7.01. The van der Waals surface area contributed by atoms with Crippen LogP contribution in [0.5, 0.6) is 0 Å². The summed E-state index contributed by atoms with van der Waals surface area (Å²) in [5, 5.41) is 19.3. The number of hydrogen-bond donors (Lipinski definition) is 1. The number of nitrogens with zero attached hydrogens (tertiary/aromatic N) is 1. The third-order valence-corrected chi connectivity index (χ3v) is 4.49. The van der Waals surface area contributed by atoms with Gasteiger partial charge in [-0.3, -0.25) is 9.59 Å². The van der Waals surface area contributed by atoms with E-state index in [0.717, 1.165) is 24.2 Å². The fraction of sp³-hybridized carbons (Fsp3) is 0.850. The quantitative estimate of drug-likeness (QED) is 0.264. The fourth-order valence-electron chi connectivity index (χ4n) is 3.00. The van der Waals surface area contributed by atoms with Crippen molar-refractivity contribution in [1.82, 2.24) is 4.90 Å². The Labute approximate surface area is 186 Å². The first kappa shape index (κ1) is 28.6. The molecule has 152 valence electrons. The molecule has 7 heteroatoms. The van der Waals surface area contributed by atoms with Crippen LogP contribution in [0.4, 0.5) is 0 Å². The van der Waals surface area contributed by atoms with Crippen LogP contribution >= 0.6 is 0 Å². The third kappa shape index (κ3) is 20.0. The van der Waals surface area contributed by atoms with Crippen molar-refractivity contribution in [2.75, 3.05) is 13.1 Å². The van der Waals surface area contributed by atoms with Crippen LogP contribution < -0.4 is 34.7 Å². The van der Waals surface area contributed by atoms with Gasteiger partial charge in [0.05, 0.1) is 12.5 Å². The Balaban J connectivity index is 0. The number of carboxylic acid groups (broad SMARTS) is 2. The third-order valence-electron chi connectivity index (χ3n) is 4.49. The zero-order valence-electron chi connectivity index (χ0n) is 17.3. The Kier molecular flexibility index (Phi) is 21.4. The molecular weight excluding hydrogens is 357 g/mol. The first-order valence-corrected chi connectivity index (χ1v) is 10.2. The molecule has 27 heavy (non-hydrogen) atoms. The van der Waals surface area contributed by atoms with Crippen molar-refractivity contribution in [3.05, 3.63) is 0 Å². The van der Waals surface area contributed by atoms with Crippen LogP contribution in [0.15, 0.2) is 0 Å². The first-order chi connectivity index (χ1) is 12.5. The number of rotatable bonds is 18. The molecular formula is C20H36NNaO5. The summed E-state index contributed by atoms with van der Waals surface area (Å²) in [6.45, 7) is 0.977. The van der Waals surface area contributed by atoms with Gasteiger partial charge in [0, 0.05) is 6.42 Å². The molecule has 0 atom stereocenters. The van der Waals surface area contributed by atoms with Gasteiger partial charge in [0.25, 0.3) is 0 Å². The number of unbranched alkanes of at least 4 members (excludes halogenated alkanes) is 12. The molecule has 0 bridgehead atoms. The molecule has 0 heterocycles. The first-order valence-electron chi connectivity index (χ1n) is 10.2. The predicted molar refractivity (Wildman–Crippen MR) is 99.5 cm³/mol. The fourth-order valence-corrected chi connectivity index (χ4v) is 3.00. The van der Waals surface area contributed by atoms with Crippen molar-refractivity contribution in [3.63, 3.8) is 0 Å². The van der Waals surface area contributed by atoms with Crippen LogP contribution in [-0.4, -0.2) is 40.9 Å². The number of carboxylic acids is 2. The molecule has 6 nitrogen and oxygen atoms in total. The maximum atomic E-state index is 11.9. The molecule has 0 aromatic rings. The summed E-state index contributed by atoms with van der Waals surface area (Å²) in [5.74, 6) is -3.09. The van der Waals surface area contributed by atoms with Crippen LogP contribution in [0, 0.1) is 0 Å². The van der Waals surface area contributed by atoms with Gasteiger partial charge in [0.1, 0.15) is 6.54 Å². The maximum absolute atomic E-state index is 11.9. The molecule has 0 aliphatic rings. The second-order valence-corrected chi connectivity index (χ2v) is 7.01.